The molecule has 0 atom stereocenters. The van der Waals surface area contributed by atoms with Crippen LogP contribution in [0.3, 0.4) is 0 Å². The molecule has 0 heterocycles. The molecular formula is C12H25ClN2O. The minimum absolute atomic E-state index is 0. The summed E-state index contributed by atoms with van der Waals surface area (Å²) < 4.78 is 0. The van der Waals surface area contributed by atoms with E-state index in [1.54, 1.807) is 0 Å². The maximum atomic E-state index is 11.8. The molecule has 1 aliphatic carbocycles. The monoisotopic (exact) mass is 248 g/mol. The third-order valence-corrected chi connectivity index (χ3v) is 3.11. The van der Waals surface area contributed by atoms with Gasteiger partial charge >= 0.3 is 0 Å². The first-order chi connectivity index (χ1) is 6.83. The Morgan fingerprint density at radius 3 is 2.25 bits per heavy atom. The van der Waals surface area contributed by atoms with Crippen molar-refractivity contribution in [3.63, 3.8) is 0 Å². The van der Waals surface area contributed by atoms with Crippen molar-refractivity contribution in [3.05, 3.63) is 0 Å². The molecule has 1 fully saturated rings. The molecule has 4 heteroatoms. The molecule has 0 aromatic carbocycles. The highest BCUT2D eigenvalue weighted by Gasteiger charge is 2.36. The molecule has 1 saturated carbocycles. The van der Waals surface area contributed by atoms with E-state index in [1.807, 2.05) is 0 Å². The van der Waals surface area contributed by atoms with E-state index in [-0.39, 0.29) is 23.7 Å². The van der Waals surface area contributed by atoms with Crippen LogP contribution in [0.2, 0.25) is 0 Å². The number of amides is 1. The van der Waals surface area contributed by atoms with E-state index in [2.05, 4.69) is 26.1 Å². The summed E-state index contributed by atoms with van der Waals surface area (Å²) >= 11 is 0. The number of halogens is 1. The van der Waals surface area contributed by atoms with Crippen molar-refractivity contribution < 1.29 is 4.79 Å². The third kappa shape index (κ3) is 4.71. The summed E-state index contributed by atoms with van der Waals surface area (Å²) in [4.78, 5) is 11.8. The van der Waals surface area contributed by atoms with Gasteiger partial charge in [0.25, 0.3) is 0 Å². The normalized spacial score (nSPS) is 19.0. The van der Waals surface area contributed by atoms with E-state index < -0.39 is 5.54 Å². The number of hydrogen-bond donors (Lipinski definition) is 2. The van der Waals surface area contributed by atoms with Crippen molar-refractivity contribution in [1.29, 1.82) is 0 Å². The molecule has 1 rings (SSSR count). The summed E-state index contributed by atoms with van der Waals surface area (Å²) in [6.07, 6.45) is 4.85. The van der Waals surface area contributed by atoms with Gasteiger partial charge in [-0.3, -0.25) is 4.79 Å². The topological polar surface area (TPSA) is 55.1 Å². The van der Waals surface area contributed by atoms with Crippen LogP contribution >= 0.6 is 12.4 Å². The van der Waals surface area contributed by atoms with E-state index >= 15 is 0 Å². The van der Waals surface area contributed by atoms with Crippen LogP contribution in [-0.4, -0.2) is 18.0 Å². The van der Waals surface area contributed by atoms with E-state index in [9.17, 15) is 4.79 Å². The zero-order valence-corrected chi connectivity index (χ0v) is 11.5. The molecule has 0 saturated heterocycles. The zero-order valence-electron chi connectivity index (χ0n) is 10.6. The molecule has 3 nitrogen and oxygen atoms in total. The van der Waals surface area contributed by atoms with Crippen LogP contribution in [0.1, 0.15) is 52.9 Å². The molecule has 0 aliphatic heterocycles. The Hall–Kier alpha value is -0.280. The van der Waals surface area contributed by atoms with Crippen molar-refractivity contribution in [2.45, 2.75) is 58.4 Å². The highest BCUT2D eigenvalue weighted by molar-refractivity contribution is 5.86. The van der Waals surface area contributed by atoms with Crippen LogP contribution < -0.4 is 11.1 Å². The second-order valence-corrected chi connectivity index (χ2v) is 5.93. The molecule has 1 aliphatic rings. The number of carbonyl (C=O) groups is 1. The number of nitrogens with two attached hydrogens (primary N) is 1. The van der Waals surface area contributed by atoms with Gasteiger partial charge in [0, 0.05) is 6.54 Å². The molecule has 0 aromatic rings. The molecule has 96 valence electrons. The Kier molecular flexibility index (Phi) is 5.77. The first-order valence-electron chi connectivity index (χ1n) is 5.91. The SMILES string of the molecule is CC(C)(C)CCNC(=O)C1(N)CCCC1.Cl. The lowest BCUT2D eigenvalue weighted by Crippen LogP contribution is -2.52. The van der Waals surface area contributed by atoms with E-state index in [4.69, 9.17) is 5.73 Å². The number of carbonyl (C=O) groups excluding carboxylic acids is 1. The standard InChI is InChI=1S/C12H24N2O.ClH/c1-11(2,3)8-9-14-10(15)12(13)6-4-5-7-12;/h4-9,13H2,1-3H3,(H,14,15);1H. The van der Waals surface area contributed by atoms with Crippen LogP contribution in [0.25, 0.3) is 0 Å². The predicted octanol–water partition coefficient (Wildman–Crippen LogP) is 2.23. The van der Waals surface area contributed by atoms with Crippen LogP contribution in [0, 0.1) is 5.41 Å². The van der Waals surface area contributed by atoms with Gasteiger partial charge in [-0.05, 0) is 24.7 Å². The lowest BCUT2D eigenvalue weighted by molar-refractivity contribution is -0.126. The second kappa shape index (κ2) is 5.87. The van der Waals surface area contributed by atoms with Crippen molar-refractivity contribution >= 4 is 18.3 Å². The molecule has 1 amide bonds. The van der Waals surface area contributed by atoms with Gasteiger partial charge in [-0.25, -0.2) is 0 Å². The first-order valence-corrected chi connectivity index (χ1v) is 5.91. The molecule has 3 N–H and O–H groups in total. The van der Waals surface area contributed by atoms with Gasteiger partial charge < -0.3 is 11.1 Å². The smallest absolute Gasteiger partial charge is 0.240 e. The maximum absolute atomic E-state index is 11.8. The Balaban J connectivity index is 0.00000225. The zero-order chi connectivity index (χ0) is 11.5. The van der Waals surface area contributed by atoms with Crippen molar-refractivity contribution in [2.75, 3.05) is 6.54 Å². The van der Waals surface area contributed by atoms with E-state index in [1.165, 1.54) is 0 Å². The summed E-state index contributed by atoms with van der Waals surface area (Å²) in [5.41, 5.74) is 5.74. The fourth-order valence-corrected chi connectivity index (χ4v) is 1.96. The molecular weight excluding hydrogens is 224 g/mol. The molecule has 0 aromatic heterocycles. The number of nitrogens with one attached hydrogen (secondary N) is 1. The Labute approximate surface area is 105 Å². The summed E-state index contributed by atoms with van der Waals surface area (Å²) in [6.45, 7) is 7.26. The molecule has 0 bridgehead atoms. The van der Waals surface area contributed by atoms with Gasteiger partial charge in [0.1, 0.15) is 0 Å². The summed E-state index contributed by atoms with van der Waals surface area (Å²) in [6, 6.07) is 0. The largest absolute Gasteiger partial charge is 0.354 e. The minimum Gasteiger partial charge on any atom is -0.354 e. The quantitative estimate of drug-likeness (QED) is 0.805. The molecule has 0 radical (unpaired) electrons. The van der Waals surface area contributed by atoms with E-state index in [0.29, 0.717) is 0 Å². The minimum atomic E-state index is -0.572. The van der Waals surface area contributed by atoms with Gasteiger partial charge in [0.05, 0.1) is 5.54 Å². The average molecular weight is 249 g/mol. The lowest BCUT2D eigenvalue weighted by atomic mass is 9.92. The molecule has 0 unspecified atom stereocenters. The predicted molar refractivity (Wildman–Crippen MR) is 69.7 cm³/mol. The molecule has 16 heavy (non-hydrogen) atoms. The summed E-state index contributed by atoms with van der Waals surface area (Å²) in [5.74, 6) is 0.0456. The van der Waals surface area contributed by atoms with E-state index in [0.717, 1.165) is 38.6 Å². The Morgan fingerprint density at radius 2 is 1.81 bits per heavy atom. The first kappa shape index (κ1) is 15.7. The van der Waals surface area contributed by atoms with Crippen LogP contribution in [0.5, 0.6) is 0 Å². The second-order valence-electron chi connectivity index (χ2n) is 5.93. The van der Waals surface area contributed by atoms with Gasteiger partial charge in [-0.15, -0.1) is 12.4 Å². The van der Waals surface area contributed by atoms with Crippen LogP contribution in [-0.2, 0) is 4.79 Å². The fourth-order valence-electron chi connectivity index (χ4n) is 1.96. The Bertz CT molecular complexity index is 230. The van der Waals surface area contributed by atoms with Crippen molar-refractivity contribution in [2.24, 2.45) is 11.1 Å². The highest BCUT2D eigenvalue weighted by atomic mass is 35.5. The highest BCUT2D eigenvalue weighted by Crippen LogP contribution is 2.27. The number of rotatable bonds is 3. The van der Waals surface area contributed by atoms with Gasteiger partial charge in [-0.1, -0.05) is 33.6 Å². The third-order valence-electron chi connectivity index (χ3n) is 3.11. The van der Waals surface area contributed by atoms with Crippen molar-refractivity contribution in [3.8, 4) is 0 Å². The van der Waals surface area contributed by atoms with Crippen molar-refractivity contribution in [1.82, 2.24) is 5.32 Å². The Morgan fingerprint density at radius 1 is 1.31 bits per heavy atom. The fraction of sp³-hybridized carbons (Fsp3) is 0.917. The summed E-state index contributed by atoms with van der Waals surface area (Å²) in [7, 11) is 0. The average Bonchev–Trinajstić information content (AvgIpc) is 2.51. The van der Waals surface area contributed by atoms with Gasteiger partial charge in [0.15, 0.2) is 0 Å². The number of hydrogen-bond acceptors (Lipinski definition) is 2. The van der Waals surface area contributed by atoms with Gasteiger partial charge in [0.2, 0.25) is 5.91 Å². The van der Waals surface area contributed by atoms with Crippen LogP contribution in [0.4, 0.5) is 0 Å². The summed E-state index contributed by atoms with van der Waals surface area (Å²) in [5, 5.41) is 2.96. The maximum Gasteiger partial charge on any atom is 0.240 e. The van der Waals surface area contributed by atoms with Crippen LogP contribution in [0.15, 0.2) is 0 Å². The molecule has 0 spiro atoms. The lowest BCUT2D eigenvalue weighted by Gasteiger charge is -2.24. The van der Waals surface area contributed by atoms with Gasteiger partial charge in [-0.2, -0.15) is 0 Å².